The van der Waals surface area contributed by atoms with Crippen LogP contribution >= 0.6 is 0 Å². The second-order valence-electron chi connectivity index (χ2n) is 1.97. The highest BCUT2D eigenvalue weighted by atomic mass is 32.2. The van der Waals surface area contributed by atoms with Crippen LogP contribution in [0.2, 0.25) is 0 Å². The van der Waals surface area contributed by atoms with E-state index in [1.165, 1.54) is 5.41 Å². The summed E-state index contributed by atoms with van der Waals surface area (Å²) < 4.78 is 10.6. The highest BCUT2D eigenvalue weighted by molar-refractivity contribution is 8.00. The molecule has 48 valence electrons. The molecule has 0 aromatic heterocycles. The molecular formula is C5H11NOS. The molecule has 2 nitrogen and oxygen atoms in total. The summed E-state index contributed by atoms with van der Waals surface area (Å²) in [5.41, 5.74) is 0.938. The Kier molecular flexibility index (Phi) is 2.25. The Bertz CT molecular complexity index is 184. The van der Waals surface area contributed by atoms with Gasteiger partial charge in [-0.15, -0.1) is 0 Å². The van der Waals surface area contributed by atoms with Gasteiger partial charge in [0, 0.05) is 15.1 Å². The monoisotopic (exact) mass is 133 g/mol. The van der Waals surface area contributed by atoms with Crippen LogP contribution in [0.1, 0.15) is 13.8 Å². The van der Waals surface area contributed by atoms with Gasteiger partial charge in [-0.05, 0) is 19.7 Å². The van der Waals surface area contributed by atoms with Crippen molar-refractivity contribution in [2.45, 2.75) is 13.8 Å². The molecule has 0 saturated heterocycles. The molecule has 0 aromatic carbocycles. The van der Waals surface area contributed by atoms with E-state index in [1.54, 1.807) is 0 Å². The molecule has 1 unspecified atom stereocenters. The molecule has 1 atom stereocenters. The molecule has 8 heavy (non-hydrogen) atoms. The number of hydrogen-bond acceptors (Lipinski definition) is 1. The van der Waals surface area contributed by atoms with Gasteiger partial charge in [0.05, 0.1) is 0 Å². The number of rotatable bonds is 1. The van der Waals surface area contributed by atoms with E-state index < -0.39 is 9.71 Å². The normalized spacial score (nSPS) is 16.9. The lowest BCUT2D eigenvalue weighted by molar-refractivity contribution is 0.687. The van der Waals surface area contributed by atoms with E-state index in [-0.39, 0.29) is 0 Å². The largest absolute Gasteiger partial charge is 0.256 e. The molecule has 0 heterocycles. The topological polar surface area (TPSA) is 43.1 Å². The smallest absolute Gasteiger partial charge is 0.0438 e. The molecule has 0 amide bonds. The van der Waals surface area contributed by atoms with Crippen LogP contribution in [0.5, 0.6) is 0 Å². The molecule has 0 saturated carbocycles. The van der Waals surface area contributed by atoms with Crippen molar-refractivity contribution in [2.24, 2.45) is 5.14 Å². The lowest BCUT2D eigenvalue weighted by Crippen LogP contribution is -2.07. The van der Waals surface area contributed by atoms with Crippen LogP contribution in [0.15, 0.2) is 11.0 Å². The number of allylic oxidation sites excluding steroid dienone is 1. The van der Waals surface area contributed by atoms with E-state index in [2.05, 4.69) is 5.87 Å². The van der Waals surface area contributed by atoms with Crippen molar-refractivity contribution in [2.75, 3.05) is 0 Å². The first kappa shape index (κ1) is 7.72. The van der Waals surface area contributed by atoms with Crippen molar-refractivity contribution >= 4 is 15.6 Å². The standard InChI is InChI=1S/C5H11NOS/c1-5(2)4-8(3,6)7/h4H,3H2,1-2H3,(H2,6,7). The molecular weight excluding hydrogens is 122 g/mol. The summed E-state index contributed by atoms with van der Waals surface area (Å²) in [5, 5.41) is 6.54. The third-order valence-corrected chi connectivity index (χ3v) is 1.31. The van der Waals surface area contributed by atoms with Crippen molar-refractivity contribution in [3.63, 3.8) is 0 Å². The first-order chi connectivity index (χ1) is 3.42. The lowest BCUT2D eigenvalue weighted by Gasteiger charge is -1.91. The Morgan fingerprint density at radius 2 is 2.12 bits per heavy atom. The predicted octanol–water partition coefficient (Wildman–Crippen LogP) is 0.500. The summed E-state index contributed by atoms with van der Waals surface area (Å²) in [7, 11) is -2.39. The van der Waals surface area contributed by atoms with Gasteiger partial charge < -0.3 is 0 Å². The minimum atomic E-state index is -2.39. The molecule has 0 aliphatic rings. The van der Waals surface area contributed by atoms with E-state index in [9.17, 15) is 4.21 Å². The van der Waals surface area contributed by atoms with Crippen LogP contribution in [-0.4, -0.2) is 10.1 Å². The molecule has 2 N–H and O–H groups in total. The van der Waals surface area contributed by atoms with Gasteiger partial charge in [0.25, 0.3) is 0 Å². The van der Waals surface area contributed by atoms with Gasteiger partial charge in [0.2, 0.25) is 0 Å². The molecule has 0 bridgehead atoms. The van der Waals surface area contributed by atoms with Gasteiger partial charge in [-0.3, -0.25) is 5.14 Å². The van der Waals surface area contributed by atoms with Crippen molar-refractivity contribution in [1.82, 2.24) is 0 Å². The van der Waals surface area contributed by atoms with Gasteiger partial charge >= 0.3 is 0 Å². The fourth-order valence-electron chi connectivity index (χ4n) is 0.399. The quantitative estimate of drug-likeness (QED) is 0.520. The van der Waals surface area contributed by atoms with E-state index >= 15 is 0 Å². The molecule has 0 aromatic rings. The number of nitrogens with two attached hydrogens (primary N) is 1. The summed E-state index contributed by atoms with van der Waals surface area (Å²) >= 11 is 0. The zero-order chi connectivity index (χ0) is 6.78. The third-order valence-electron chi connectivity index (χ3n) is 0.435. The molecule has 0 aliphatic carbocycles. The summed E-state index contributed by atoms with van der Waals surface area (Å²) in [6, 6.07) is 0. The Balaban J connectivity index is 4.36. The minimum absolute atomic E-state index is 0.938. The molecule has 0 spiro atoms. The molecule has 3 heteroatoms. The lowest BCUT2D eigenvalue weighted by atomic mass is 10.4. The zero-order valence-corrected chi connectivity index (χ0v) is 5.99. The van der Waals surface area contributed by atoms with E-state index in [4.69, 9.17) is 5.14 Å². The van der Waals surface area contributed by atoms with E-state index in [0.717, 1.165) is 5.57 Å². The summed E-state index contributed by atoms with van der Waals surface area (Å²) in [6.07, 6.45) is 0. The van der Waals surface area contributed by atoms with Gasteiger partial charge in [0.15, 0.2) is 0 Å². The maximum atomic E-state index is 10.6. The Morgan fingerprint density at radius 3 is 2.12 bits per heavy atom. The molecule has 0 aliphatic heterocycles. The zero-order valence-electron chi connectivity index (χ0n) is 5.18. The summed E-state index contributed by atoms with van der Waals surface area (Å²) in [6.45, 7) is 3.66. The highest BCUT2D eigenvalue weighted by Gasteiger charge is 1.84. The van der Waals surface area contributed by atoms with Crippen LogP contribution in [0, 0.1) is 0 Å². The Hall–Kier alpha value is -0.280. The van der Waals surface area contributed by atoms with Gasteiger partial charge in [0.1, 0.15) is 0 Å². The first-order valence-electron chi connectivity index (χ1n) is 2.22. The van der Waals surface area contributed by atoms with Crippen molar-refractivity contribution < 1.29 is 4.21 Å². The maximum absolute atomic E-state index is 10.6. The van der Waals surface area contributed by atoms with Crippen LogP contribution in [0.3, 0.4) is 0 Å². The Morgan fingerprint density at radius 1 is 1.75 bits per heavy atom. The number of hydrogen-bond donors (Lipinski definition) is 1. The van der Waals surface area contributed by atoms with E-state index in [1.807, 2.05) is 13.8 Å². The van der Waals surface area contributed by atoms with Crippen LogP contribution in [0.25, 0.3) is 0 Å². The maximum Gasteiger partial charge on any atom is 0.0438 e. The second kappa shape index (κ2) is 2.33. The fraction of sp³-hybridized carbons (Fsp3) is 0.400. The molecule has 0 rings (SSSR count). The first-order valence-corrected chi connectivity index (χ1v) is 4.07. The van der Waals surface area contributed by atoms with Crippen molar-refractivity contribution in [3.8, 4) is 0 Å². The molecule has 0 fully saturated rings. The fourth-order valence-corrected chi connectivity index (χ4v) is 1.20. The summed E-state index contributed by atoms with van der Waals surface area (Å²) in [5.74, 6) is 3.24. The highest BCUT2D eigenvalue weighted by Crippen LogP contribution is 1.90. The van der Waals surface area contributed by atoms with Gasteiger partial charge in [-0.2, -0.15) is 0 Å². The van der Waals surface area contributed by atoms with Crippen molar-refractivity contribution in [3.05, 3.63) is 11.0 Å². The van der Waals surface area contributed by atoms with E-state index in [0.29, 0.717) is 0 Å². The third kappa shape index (κ3) is 5.72. The average molecular weight is 133 g/mol. The van der Waals surface area contributed by atoms with Gasteiger partial charge in [-0.25, -0.2) is 4.21 Å². The predicted molar refractivity (Wildman–Crippen MR) is 38.9 cm³/mol. The van der Waals surface area contributed by atoms with Crippen LogP contribution < -0.4 is 5.14 Å². The Labute approximate surface area is 50.5 Å². The van der Waals surface area contributed by atoms with Crippen LogP contribution in [-0.2, 0) is 9.71 Å². The molecule has 0 radical (unpaired) electrons. The van der Waals surface area contributed by atoms with Crippen LogP contribution in [0.4, 0.5) is 0 Å². The average Bonchev–Trinajstić information content (AvgIpc) is 1.21. The SMILES string of the molecule is C=S(N)(=O)C=C(C)C. The minimum Gasteiger partial charge on any atom is -0.256 e. The van der Waals surface area contributed by atoms with Crippen molar-refractivity contribution in [1.29, 1.82) is 0 Å². The van der Waals surface area contributed by atoms with Gasteiger partial charge in [-0.1, -0.05) is 5.57 Å². The summed E-state index contributed by atoms with van der Waals surface area (Å²) in [4.78, 5) is 0. The second-order valence-corrected chi connectivity index (χ2v) is 3.77.